The van der Waals surface area contributed by atoms with Crippen molar-refractivity contribution in [3.63, 3.8) is 0 Å². The number of aromatic nitrogens is 3. The third kappa shape index (κ3) is 3.50. The molecule has 1 atom stereocenters. The highest BCUT2D eigenvalue weighted by atomic mass is 16.5. The topological polar surface area (TPSA) is 60.2 Å². The first kappa shape index (κ1) is 18.2. The first-order valence-electron chi connectivity index (χ1n) is 9.51. The maximum absolute atomic E-state index is 13.1. The summed E-state index contributed by atoms with van der Waals surface area (Å²) in [7, 11) is 0. The van der Waals surface area contributed by atoms with Gasteiger partial charge in [-0.2, -0.15) is 5.10 Å². The molecule has 1 unspecified atom stereocenters. The molecule has 6 heteroatoms. The molecule has 1 fully saturated rings. The number of nitrogens with zero attached hydrogens (tertiary/aromatic N) is 4. The van der Waals surface area contributed by atoms with Crippen molar-refractivity contribution in [3.8, 4) is 11.4 Å². The molecule has 0 radical (unpaired) electrons. The fourth-order valence-electron chi connectivity index (χ4n) is 3.60. The number of hydrogen-bond acceptors (Lipinski definition) is 4. The largest absolute Gasteiger partial charge is 0.487 e. The van der Waals surface area contributed by atoms with Gasteiger partial charge in [0.05, 0.1) is 35.9 Å². The van der Waals surface area contributed by atoms with Crippen LogP contribution in [0, 0.1) is 20.8 Å². The molecule has 2 aromatic heterocycles. The number of hydrogen-bond donors (Lipinski definition) is 0. The molecule has 0 spiro atoms. The molecule has 4 rings (SSSR count). The minimum absolute atomic E-state index is 0.00587. The average Bonchev–Trinajstić information content (AvgIpc) is 3.31. The number of amides is 1. The van der Waals surface area contributed by atoms with Gasteiger partial charge in [0.15, 0.2) is 0 Å². The normalized spacial score (nSPS) is 16.4. The van der Waals surface area contributed by atoms with Crippen molar-refractivity contribution in [2.45, 2.75) is 33.3 Å². The predicted octanol–water partition coefficient (Wildman–Crippen LogP) is 3.49. The van der Waals surface area contributed by atoms with E-state index < -0.39 is 0 Å². The van der Waals surface area contributed by atoms with Gasteiger partial charge < -0.3 is 9.64 Å². The molecule has 1 aliphatic rings. The zero-order valence-electron chi connectivity index (χ0n) is 16.4. The van der Waals surface area contributed by atoms with Gasteiger partial charge >= 0.3 is 0 Å². The number of aryl methyl sites for hydroxylation is 2. The predicted molar refractivity (Wildman–Crippen MR) is 107 cm³/mol. The van der Waals surface area contributed by atoms with Crippen molar-refractivity contribution in [3.05, 3.63) is 71.3 Å². The highest BCUT2D eigenvalue weighted by Crippen LogP contribution is 2.23. The third-order valence-electron chi connectivity index (χ3n) is 5.20. The summed E-state index contributed by atoms with van der Waals surface area (Å²) in [5, 5.41) is 4.50. The highest BCUT2D eigenvalue weighted by Gasteiger charge is 2.30. The molecule has 144 valence electrons. The van der Waals surface area contributed by atoms with Crippen molar-refractivity contribution in [2.24, 2.45) is 0 Å². The maximum Gasteiger partial charge on any atom is 0.257 e. The molecular weight excluding hydrogens is 352 g/mol. The van der Waals surface area contributed by atoms with Crippen LogP contribution < -0.4 is 4.74 Å². The Labute approximate surface area is 164 Å². The number of carbonyl (C=O) groups excluding carboxylic acids is 1. The lowest BCUT2D eigenvalue weighted by atomic mass is 10.1. The van der Waals surface area contributed by atoms with Gasteiger partial charge in [0, 0.05) is 19.2 Å². The minimum Gasteiger partial charge on any atom is -0.487 e. The first-order chi connectivity index (χ1) is 13.5. The third-order valence-corrected chi connectivity index (χ3v) is 5.20. The average molecular weight is 376 g/mol. The molecule has 1 amide bonds. The Morgan fingerprint density at radius 3 is 2.82 bits per heavy atom. The molecular formula is C22H24N4O2. The van der Waals surface area contributed by atoms with E-state index in [-0.39, 0.29) is 12.0 Å². The molecule has 6 nitrogen and oxygen atoms in total. The molecule has 1 aromatic carbocycles. The molecule has 0 aliphatic carbocycles. The monoisotopic (exact) mass is 376 g/mol. The molecule has 3 heterocycles. The maximum atomic E-state index is 13.1. The number of ether oxygens (including phenoxy) is 1. The Morgan fingerprint density at radius 1 is 1.18 bits per heavy atom. The van der Waals surface area contributed by atoms with Gasteiger partial charge in [-0.15, -0.1) is 0 Å². The molecule has 0 saturated carbocycles. The number of carbonyl (C=O) groups is 1. The molecule has 0 bridgehead atoms. The van der Waals surface area contributed by atoms with Gasteiger partial charge in [-0.25, -0.2) is 4.68 Å². The summed E-state index contributed by atoms with van der Waals surface area (Å²) in [4.78, 5) is 19.0. The fourth-order valence-corrected chi connectivity index (χ4v) is 3.60. The van der Waals surface area contributed by atoms with Crippen LogP contribution in [0.3, 0.4) is 0 Å². The van der Waals surface area contributed by atoms with Crippen LogP contribution in [0.4, 0.5) is 0 Å². The van der Waals surface area contributed by atoms with E-state index in [9.17, 15) is 4.79 Å². The Kier molecular flexibility index (Phi) is 4.86. The zero-order chi connectivity index (χ0) is 19.7. The standard InChI is InChI=1S/C22H24N4O2/c1-15-6-7-16(2)21(11-15)26-17(3)20(13-24-26)22(27)25-10-8-19(14-25)28-18-5-4-9-23-12-18/h4-7,9,11-13,19H,8,10,14H2,1-3H3. The Morgan fingerprint density at radius 2 is 2.04 bits per heavy atom. The second-order valence-electron chi connectivity index (χ2n) is 7.31. The number of pyridine rings is 1. The van der Waals surface area contributed by atoms with E-state index in [0.717, 1.165) is 29.1 Å². The van der Waals surface area contributed by atoms with Gasteiger partial charge in [-0.1, -0.05) is 12.1 Å². The van der Waals surface area contributed by atoms with E-state index in [2.05, 4.69) is 42.1 Å². The van der Waals surface area contributed by atoms with Crippen molar-refractivity contribution in [1.82, 2.24) is 19.7 Å². The Hall–Kier alpha value is -3.15. The summed E-state index contributed by atoms with van der Waals surface area (Å²) in [5.74, 6) is 0.743. The van der Waals surface area contributed by atoms with Crippen molar-refractivity contribution < 1.29 is 9.53 Å². The van der Waals surface area contributed by atoms with Crippen molar-refractivity contribution in [2.75, 3.05) is 13.1 Å². The van der Waals surface area contributed by atoms with Gasteiger partial charge in [0.1, 0.15) is 11.9 Å². The van der Waals surface area contributed by atoms with Gasteiger partial charge in [0.25, 0.3) is 5.91 Å². The molecule has 28 heavy (non-hydrogen) atoms. The van der Waals surface area contributed by atoms with Crippen LogP contribution in [-0.2, 0) is 0 Å². The lowest BCUT2D eigenvalue weighted by Gasteiger charge is -2.17. The number of benzene rings is 1. The SMILES string of the molecule is Cc1ccc(C)c(-n2ncc(C(=O)N3CCC(Oc4cccnc4)C3)c2C)c1. The number of likely N-dealkylation sites (tertiary alicyclic amines) is 1. The van der Waals surface area contributed by atoms with Crippen LogP contribution in [0.1, 0.15) is 33.6 Å². The minimum atomic E-state index is -0.0116. The smallest absolute Gasteiger partial charge is 0.257 e. The summed E-state index contributed by atoms with van der Waals surface area (Å²) >= 11 is 0. The van der Waals surface area contributed by atoms with E-state index in [1.165, 1.54) is 5.56 Å². The molecule has 1 saturated heterocycles. The lowest BCUT2D eigenvalue weighted by molar-refractivity contribution is 0.0771. The van der Waals surface area contributed by atoms with Gasteiger partial charge in [-0.3, -0.25) is 9.78 Å². The fraction of sp³-hybridized carbons (Fsp3) is 0.318. The zero-order valence-corrected chi connectivity index (χ0v) is 16.4. The summed E-state index contributed by atoms with van der Waals surface area (Å²) in [6, 6.07) is 9.98. The second-order valence-corrected chi connectivity index (χ2v) is 7.31. The van der Waals surface area contributed by atoms with Crippen LogP contribution in [0.2, 0.25) is 0 Å². The van der Waals surface area contributed by atoms with Crippen molar-refractivity contribution >= 4 is 5.91 Å². The van der Waals surface area contributed by atoms with E-state index >= 15 is 0 Å². The lowest BCUT2D eigenvalue weighted by Crippen LogP contribution is -2.31. The molecule has 3 aromatic rings. The Balaban J connectivity index is 1.50. The first-order valence-corrected chi connectivity index (χ1v) is 9.51. The quantitative estimate of drug-likeness (QED) is 0.699. The summed E-state index contributed by atoms with van der Waals surface area (Å²) < 4.78 is 7.80. The van der Waals surface area contributed by atoms with Crippen LogP contribution in [0.5, 0.6) is 5.75 Å². The van der Waals surface area contributed by atoms with Crippen LogP contribution >= 0.6 is 0 Å². The van der Waals surface area contributed by atoms with Crippen LogP contribution in [0.25, 0.3) is 5.69 Å². The van der Waals surface area contributed by atoms with E-state index in [1.54, 1.807) is 18.6 Å². The van der Waals surface area contributed by atoms with Crippen LogP contribution in [0.15, 0.2) is 48.9 Å². The second kappa shape index (κ2) is 7.46. The van der Waals surface area contributed by atoms with Gasteiger partial charge in [-0.05, 0) is 50.1 Å². The Bertz CT molecular complexity index is 997. The van der Waals surface area contributed by atoms with Crippen LogP contribution in [-0.4, -0.2) is 44.8 Å². The highest BCUT2D eigenvalue weighted by molar-refractivity contribution is 5.95. The van der Waals surface area contributed by atoms with E-state index in [0.29, 0.717) is 18.7 Å². The number of rotatable bonds is 4. The van der Waals surface area contributed by atoms with E-state index in [1.807, 2.05) is 28.6 Å². The summed E-state index contributed by atoms with van der Waals surface area (Å²) in [6.07, 6.45) is 5.89. The summed E-state index contributed by atoms with van der Waals surface area (Å²) in [5.41, 5.74) is 4.80. The summed E-state index contributed by atoms with van der Waals surface area (Å²) in [6.45, 7) is 7.31. The van der Waals surface area contributed by atoms with Gasteiger partial charge in [0.2, 0.25) is 0 Å². The van der Waals surface area contributed by atoms with E-state index in [4.69, 9.17) is 4.74 Å². The molecule has 1 aliphatic heterocycles. The molecule has 0 N–H and O–H groups in total. The van der Waals surface area contributed by atoms with Crippen molar-refractivity contribution in [1.29, 1.82) is 0 Å².